The number of carbonyl (C=O) groups is 1. The van der Waals surface area contributed by atoms with E-state index < -0.39 is 11.1 Å². The van der Waals surface area contributed by atoms with Crippen molar-refractivity contribution in [2.45, 2.75) is 0 Å². The van der Waals surface area contributed by atoms with Crippen LogP contribution in [0.25, 0.3) is 0 Å². The second kappa shape index (κ2) is 5.76. The molecule has 0 amide bonds. The van der Waals surface area contributed by atoms with Crippen molar-refractivity contribution in [1.82, 2.24) is 0 Å². The first kappa shape index (κ1) is 12.2. The molecule has 0 unspecified atom stereocenters. The molecule has 0 heterocycles. The number of hydrogen-bond acceptors (Lipinski definition) is 3. The third kappa shape index (κ3) is 5.78. The Morgan fingerprint density at radius 2 is 1.64 bits per heavy atom. The molecule has 0 fully saturated rings. The van der Waals surface area contributed by atoms with Crippen molar-refractivity contribution in [3.8, 4) is 0 Å². The summed E-state index contributed by atoms with van der Waals surface area (Å²) >= 11 is 5.49. The van der Waals surface area contributed by atoms with Gasteiger partial charge in [0.1, 0.15) is 0 Å². The summed E-state index contributed by atoms with van der Waals surface area (Å²) < 4.78 is 0. The Morgan fingerprint density at radius 1 is 1.29 bits per heavy atom. The lowest BCUT2D eigenvalue weighted by Gasteiger charge is -1.88. The van der Waals surface area contributed by atoms with Gasteiger partial charge in [-0.05, 0) is 12.1 Å². The van der Waals surface area contributed by atoms with Gasteiger partial charge in [0.2, 0.25) is 0 Å². The second-order valence-electron chi connectivity index (χ2n) is 2.02. The molecular formula is C7H6ClNO5. The maximum atomic E-state index is 10.1. The van der Waals surface area contributed by atoms with Crippen molar-refractivity contribution < 1.29 is 19.9 Å². The van der Waals surface area contributed by atoms with Crippen LogP contribution in [-0.4, -0.2) is 21.3 Å². The largest absolute Gasteiger partial charge is 0.503 e. The van der Waals surface area contributed by atoms with Crippen LogP contribution in [0, 0.1) is 10.1 Å². The van der Waals surface area contributed by atoms with Crippen LogP contribution < -0.4 is 0 Å². The summed E-state index contributed by atoms with van der Waals surface area (Å²) in [5.74, 6) is 0. The van der Waals surface area contributed by atoms with E-state index in [4.69, 9.17) is 26.6 Å². The summed E-state index contributed by atoms with van der Waals surface area (Å²) in [6.45, 7) is 0. The third-order valence-corrected chi connectivity index (χ3v) is 1.29. The summed E-state index contributed by atoms with van der Waals surface area (Å²) in [5, 5.41) is 24.5. The summed E-state index contributed by atoms with van der Waals surface area (Å²) in [6.07, 6.45) is -1.83. The lowest BCUT2D eigenvalue weighted by Crippen LogP contribution is -1.85. The normalized spacial score (nSPS) is 8.36. The quantitative estimate of drug-likeness (QED) is 0.558. The maximum Gasteiger partial charge on any atom is 0.503 e. The number of benzene rings is 1. The highest BCUT2D eigenvalue weighted by Crippen LogP contribution is 2.14. The number of nitro benzene ring substituents is 1. The van der Waals surface area contributed by atoms with Crippen LogP contribution in [0.5, 0.6) is 0 Å². The third-order valence-electron chi connectivity index (χ3n) is 1.04. The maximum absolute atomic E-state index is 10.1. The molecule has 14 heavy (non-hydrogen) atoms. The first-order valence-corrected chi connectivity index (χ1v) is 3.63. The number of nitro groups is 1. The molecule has 0 aliphatic rings. The van der Waals surface area contributed by atoms with Gasteiger partial charge in [-0.15, -0.1) is 0 Å². The van der Waals surface area contributed by atoms with E-state index in [1.54, 1.807) is 0 Å². The number of hydrogen-bond donors (Lipinski definition) is 2. The molecule has 0 aromatic heterocycles. The van der Waals surface area contributed by atoms with Crippen LogP contribution in [0.2, 0.25) is 5.02 Å². The van der Waals surface area contributed by atoms with Gasteiger partial charge in [0.25, 0.3) is 5.69 Å². The first-order valence-electron chi connectivity index (χ1n) is 3.25. The monoisotopic (exact) mass is 219 g/mol. The zero-order valence-corrected chi connectivity index (χ0v) is 7.51. The summed E-state index contributed by atoms with van der Waals surface area (Å²) in [7, 11) is 0. The van der Waals surface area contributed by atoms with Gasteiger partial charge >= 0.3 is 6.16 Å². The fourth-order valence-electron chi connectivity index (χ4n) is 0.563. The van der Waals surface area contributed by atoms with Crippen LogP contribution in [-0.2, 0) is 0 Å². The Labute approximate surface area is 83.5 Å². The van der Waals surface area contributed by atoms with E-state index in [2.05, 4.69) is 0 Å². The first-order chi connectivity index (χ1) is 6.43. The van der Waals surface area contributed by atoms with Crippen LogP contribution in [0.3, 0.4) is 0 Å². The van der Waals surface area contributed by atoms with E-state index in [0.717, 1.165) is 0 Å². The molecule has 2 N–H and O–H groups in total. The molecule has 7 heteroatoms. The second-order valence-corrected chi connectivity index (χ2v) is 2.45. The van der Waals surface area contributed by atoms with Crippen LogP contribution in [0.4, 0.5) is 10.5 Å². The van der Waals surface area contributed by atoms with Crippen molar-refractivity contribution in [3.63, 3.8) is 0 Å². The molecule has 0 saturated carbocycles. The van der Waals surface area contributed by atoms with Gasteiger partial charge in [0.15, 0.2) is 0 Å². The van der Waals surface area contributed by atoms with Gasteiger partial charge in [-0.3, -0.25) is 10.1 Å². The highest BCUT2D eigenvalue weighted by molar-refractivity contribution is 6.30. The Hall–Kier alpha value is -1.82. The van der Waals surface area contributed by atoms with Crippen molar-refractivity contribution in [2.75, 3.05) is 0 Å². The number of carboxylic acid groups (broad SMARTS) is 2. The van der Waals surface area contributed by atoms with E-state index in [-0.39, 0.29) is 5.69 Å². The predicted octanol–water partition coefficient (Wildman–Crippen LogP) is 2.47. The minimum atomic E-state index is -1.83. The number of rotatable bonds is 1. The molecule has 1 aromatic rings. The molecule has 0 aliphatic heterocycles. The van der Waals surface area contributed by atoms with E-state index in [0.29, 0.717) is 5.02 Å². The van der Waals surface area contributed by atoms with Gasteiger partial charge in [0.05, 0.1) is 4.92 Å². The number of nitrogens with zero attached hydrogens (tertiary/aromatic N) is 1. The summed E-state index contributed by atoms with van der Waals surface area (Å²) in [5.41, 5.74) is 0.0596. The van der Waals surface area contributed by atoms with E-state index in [9.17, 15) is 10.1 Å². The fourth-order valence-corrected chi connectivity index (χ4v) is 0.689. The molecule has 0 radical (unpaired) electrons. The van der Waals surface area contributed by atoms with Crippen molar-refractivity contribution in [2.24, 2.45) is 0 Å². The molecule has 0 aliphatic carbocycles. The lowest BCUT2D eigenvalue weighted by atomic mass is 10.3. The standard InChI is InChI=1S/C6H4ClNO2.CH2O3/c7-5-1-3-6(4-2-5)8(9)10;2-1(3)4/h1-4H;(H2,2,3,4). The molecule has 0 saturated heterocycles. The van der Waals surface area contributed by atoms with Crippen LogP contribution >= 0.6 is 11.6 Å². The van der Waals surface area contributed by atoms with Gasteiger partial charge in [-0.2, -0.15) is 0 Å². The molecule has 76 valence electrons. The molecule has 1 aromatic carbocycles. The van der Waals surface area contributed by atoms with Crippen molar-refractivity contribution in [3.05, 3.63) is 39.4 Å². The highest BCUT2D eigenvalue weighted by atomic mass is 35.5. The smallest absolute Gasteiger partial charge is 0.450 e. The molecule has 0 atom stereocenters. The Kier molecular flexibility index (Phi) is 5.01. The zero-order chi connectivity index (χ0) is 11.1. The molecular weight excluding hydrogens is 214 g/mol. The van der Waals surface area contributed by atoms with Crippen molar-refractivity contribution >= 4 is 23.4 Å². The van der Waals surface area contributed by atoms with E-state index in [1.807, 2.05) is 0 Å². The van der Waals surface area contributed by atoms with Gasteiger partial charge in [-0.1, -0.05) is 11.6 Å². The van der Waals surface area contributed by atoms with Gasteiger partial charge < -0.3 is 10.2 Å². The predicted molar refractivity (Wildman–Crippen MR) is 48.8 cm³/mol. The number of halogens is 1. The molecule has 0 spiro atoms. The summed E-state index contributed by atoms with van der Waals surface area (Å²) in [6, 6.07) is 5.70. The number of non-ortho nitro benzene ring substituents is 1. The SMILES string of the molecule is O=C(O)O.O=[N+]([O-])c1ccc(Cl)cc1. The van der Waals surface area contributed by atoms with E-state index in [1.165, 1.54) is 24.3 Å². The minimum absolute atomic E-state index is 0.0596. The van der Waals surface area contributed by atoms with Crippen LogP contribution in [0.1, 0.15) is 0 Å². The Morgan fingerprint density at radius 3 is 1.93 bits per heavy atom. The average Bonchev–Trinajstić information content (AvgIpc) is 2.03. The fraction of sp³-hybridized carbons (Fsp3) is 0. The van der Waals surface area contributed by atoms with E-state index >= 15 is 0 Å². The topological polar surface area (TPSA) is 101 Å². The average molecular weight is 220 g/mol. The molecule has 6 nitrogen and oxygen atoms in total. The highest BCUT2D eigenvalue weighted by Gasteiger charge is 2.01. The zero-order valence-electron chi connectivity index (χ0n) is 6.75. The Bertz CT molecular complexity index is 319. The van der Waals surface area contributed by atoms with Crippen molar-refractivity contribution in [1.29, 1.82) is 0 Å². The minimum Gasteiger partial charge on any atom is -0.450 e. The van der Waals surface area contributed by atoms with Gasteiger partial charge in [-0.25, -0.2) is 4.79 Å². The lowest BCUT2D eigenvalue weighted by molar-refractivity contribution is -0.384. The summed E-state index contributed by atoms with van der Waals surface area (Å²) in [4.78, 5) is 18.2. The Balaban J connectivity index is 0.000000364. The van der Waals surface area contributed by atoms with Gasteiger partial charge in [0, 0.05) is 17.2 Å². The molecule has 1 rings (SSSR count). The molecule has 0 bridgehead atoms. The van der Waals surface area contributed by atoms with Crippen LogP contribution in [0.15, 0.2) is 24.3 Å².